The number of alkyl halides is 3. The van der Waals surface area contributed by atoms with E-state index in [4.69, 9.17) is 0 Å². The van der Waals surface area contributed by atoms with Gasteiger partial charge in [0, 0.05) is 11.6 Å². The van der Waals surface area contributed by atoms with Crippen molar-refractivity contribution in [3.8, 4) is 0 Å². The molecule has 0 radical (unpaired) electrons. The van der Waals surface area contributed by atoms with Gasteiger partial charge in [-0.25, -0.2) is 4.79 Å². The van der Waals surface area contributed by atoms with E-state index in [1.54, 1.807) is 6.92 Å². The van der Waals surface area contributed by atoms with Crippen LogP contribution in [0.25, 0.3) is 0 Å². The molecule has 5 heteroatoms. The Morgan fingerprint density at radius 3 is 2.47 bits per heavy atom. The molecule has 1 aliphatic rings. The number of carbonyl (C=O) groups excluding carboxylic acids is 1. The van der Waals surface area contributed by atoms with Gasteiger partial charge in [0.25, 0.3) is 0 Å². The van der Waals surface area contributed by atoms with Crippen molar-refractivity contribution in [1.29, 1.82) is 0 Å². The molecule has 0 unspecified atom stereocenters. The first kappa shape index (κ1) is 14.6. The first-order chi connectivity index (χ1) is 7.95. The third-order valence-corrected chi connectivity index (χ3v) is 3.39. The van der Waals surface area contributed by atoms with Gasteiger partial charge >= 0.3 is 10.8 Å². The zero-order chi connectivity index (χ0) is 12.9. The minimum absolute atomic E-state index is 0.143. The molecule has 0 atom stereocenters. The van der Waals surface area contributed by atoms with Crippen molar-refractivity contribution in [1.82, 2.24) is 0 Å². The van der Waals surface area contributed by atoms with E-state index in [0.29, 0.717) is 12.8 Å². The fourth-order valence-electron chi connectivity index (χ4n) is 2.16. The molecule has 0 aromatic rings. The van der Waals surface area contributed by atoms with Crippen molar-refractivity contribution in [2.45, 2.75) is 43.9 Å². The van der Waals surface area contributed by atoms with Crippen LogP contribution in [0.4, 0.5) is 8.78 Å². The highest BCUT2D eigenvalue weighted by molar-refractivity contribution is 9.10. The van der Waals surface area contributed by atoms with Gasteiger partial charge in [0.1, 0.15) is 0 Å². The number of carbonyl (C=O) groups is 1. The Kier molecular flexibility index (Phi) is 5.56. The normalized spacial score (nSPS) is 19.2. The van der Waals surface area contributed by atoms with Crippen LogP contribution in [0.5, 0.6) is 0 Å². The highest BCUT2D eigenvalue weighted by Crippen LogP contribution is 2.41. The highest BCUT2D eigenvalue weighted by atomic mass is 79.9. The van der Waals surface area contributed by atoms with E-state index in [1.165, 1.54) is 0 Å². The summed E-state index contributed by atoms with van der Waals surface area (Å²) in [6, 6.07) is 0. The molecular weight excluding hydrogens is 294 g/mol. The molecule has 0 aromatic carbocycles. The van der Waals surface area contributed by atoms with Gasteiger partial charge in [-0.15, -0.1) is 0 Å². The van der Waals surface area contributed by atoms with Crippen LogP contribution >= 0.6 is 15.9 Å². The minimum atomic E-state index is -3.12. The Morgan fingerprint density at radius 1 is 1.41 bits per heavy atom. The first-order valence-electron chi connectivity index (χ1n) is 5.90. The smallest absolute Gasteiger partial charge is 0.330 e. The second kappa shape index (κ2) is 6.47. The minimum Gasteiger partial charge on any atom is -0.463 e. The predicted octanol–water partition coefficient (Wildman–Crippen LogP) is 4.04. The second-order valence-corrected chi connectivity index (χ2v) is 5.18. The Balaban J connectivity index is 2.83. The van der Waals surface area contributed by atoms with Gasteiger partial charge in [0.15, 0.2) is 0 Å². The summed E-state index contributed by atoms with van der Waals surface area (Å²) in [7, 11) is 0. The third kappa shape index (κ3) is 4.74. The van der Waals surface area contributed by atoms with Crippen molar-refractivity contribution >= 4 is 21.9 Å². The van der Waals surface area contributed by atoms with Crippen LogP contribution in [0, 0.1) is 5.92 Å². The summed E-state index contributed by atoms with van der Waals surface area (Å²) in [4.78, 5) is 8.17. The van der Waals surface area contributed by atoms with Crippen LogP contribution in [0.15, 0.2) is 11.6 Å². The maximum absolute atomic E-state index is 13.4. The maximum atomic E-state index is 13.4. The summed E-state index contributed by atoms with van der Waals surface area (Å²) in [5, 5.41) is 0. The number of ether oxygens (including phenoxy) is 1. The van der Waals surface area contributed by atoms with E-state index in [2.05, 4.69) is 20.7 Å². The van der Waals surface area contributed by atoms with Crippen molar-refractivity contribution in [3.63, 3.8) is 0 Å². The predicted molar refractivity (Wildman–Crippen MR) is 65.2 cm³/mol. The molecule has 0 spiro atoms. The maximum Gasteiger partial charge on any atom is 0.330 e. The largest absolute Gasteiger partial charge is 0.463 e. The van der Waals surface area contributed by atoms with E-state index in [1.807, 2.05) is 0 Å². The van der Waals surface area contributed by atoms with Crippen LogP contribution < -0.4 is 0 Å². The molecule has 2 nitrogen and oxygen atoms in total. The van der Waals surface area contributed by atoms with Crippen LogP contribution in [0.1, 0.15) is 39.0 Å². The van der Waals surface area contributed by atoms with Crippen molar-refractivity contribution in [2.24, 2.45) is 5.92 Å². The van der Waals surface area contributed by atoms with Crippen LogP contribution in [0.2, 0.25) is 0 Å². The van der Waals surface area contributed by atoms with Crippen molar-refractivity contribution in [2.75, 3.05) is 6.61 Å². The number of hydrogen-bond donors (Lipinski definition) is 0. The van der Waals surface area contributed by atoms with Crippen LogP contribution in [-0.4, -0.2) is 17.4 Å². The van der Waals surface area contributed by atoms with Crippen LogP contribution in [-0.2, 0) is 9.53 Å². The summed E-state index contributed by atoms with van der Waals surface area (Å²) in [5.41, 5.74) is -0.143. The summed E-state index contributed by atoms with van der Waals surface area (Å²) < 4.78 is 31.5. The average Bonchev–Trinajstić information content (AvgIpc) is 2.26. The van der Waals surface area contributed by atoms with Crippen molar-refractivity contribution in [3.05, 3.63) is 11.6 Å². The Hall–Kier alpha value is -0.450. The third-order valence-electron chi connectivity index (χ3n) is 2.93. The molecule has 1 saturated carbocycles. The Bertz CT molecular complexity index is 291. The molecule has 0 saturated heterocycles. The topological polar surface area (TPSA) is 26.3 Å². The lowest BCUT2D eigenvalue weighted by atomic mass is 9.83. The lowest BCUT2D eigenvalue weighted by molar-refractivity contribution is -0.137. The molecule has 0 aliphatic heterocycles. The van der Waals surface area contributed by atoms with E-state index >= 15 is 0 Å². The summed E-state index contributed by atoms with van der Waals surface area (Å²) >= 11 is 2.35. The molecule has 98 valence electrons. The molecular formula is C12H17BrF2O2. The second-order valence-electron chi connectivity index (χ2n) is 4.18. The monoisotopic (exact) mass is 310 g/mol. The summed E-state index contributed by atoms with van der Waals surface area (Å²) in [6.45, 7) is 1.85. The molecule has 0 bridgehead atoms. The van der Waals surface area contributed by atoms with E-state index in [-0.39, 0.29) is 18.1 Å². The summed E-state index contributed by atoms with van der Waals surface area (Å²) in [5.74, 6) is -0.908. The van der Waals surface area contributed by atoms with Gasteiger partial charge in [-0.3, -0.25) is 0 Å². The van der Waals surface area contributed by atoms with Crippen molar-refractivity contribution < 1.29 is 18.3 Å². The molecule has 0 heterocycles. The van der Waals surface area contributed by atoms with E-state index < -0.39 is 10.8 Å². The van der Waals surface area contributed by atoms with Gasteiger partial charge in [-0.1, -0.05) is 19.3 Å². The molecule has 0 aromatic heterocycles. The Labute approximate surface area is 109 Å². The number of allylic oxidation sites excluding steroid dienone is 1. The first-order valence-corrected chi connectivity index (χ1v) is 6.70. The number of halogens is 3. The zero-order valence-corrected chi connectivity index (χ0v) is 11.4. The van der Waals surface area contributed by atoms with Gasteiger partial charge in [0.05, 0.1) is 6.61 Å². The molecule has 1 aliphatic carbocycles. The lowest BCUT2D eigenvalue weighted by Gasteiger charge is -2.26. The molecule has 1 fully saturated rings. The fraction of sp³-hybridized carbons (Fsp3) is 0.750. The Morgan fingerprint density at radius 2 is 2.00 bits per heavy atom. The lowest BCUT2D eigenvalue weighted by Crippen LogP contribution is -2.22. The van der Waals surface area contributed by atoms with E-state index in [0.717, 1.165) is 25.3 Å². The molecule has 0 amide bonds. The average molecular weight is 311 g/mol. The molecule has 17 heavy (non-hydrogen) atoms. The number of rotatable bonds is 4. The highest BCUT2D eigenvalue weighted by Gasteiger charge is 2.36. The van der Waals surface area contributed by atoms with Gasteiger partial charge < -0.3 is 4.74 Å². The number of esters is 1. The van der Waals surface area contributed by atoms with Crippen LogP contribution in [0.3, 0.4) is 0 Å². The fourth-order valence-corrected chi connectivity index (χ4v) is 2.59. The standard InChI is InChI=1S/C12H17BrF2O2/c1-2-17-11(16)8-10(12(13,14)15)9-6-4-3-5-7-9/h8-9H,2-7H2,1H3/b10-8+. The SMILES string of the molecule is CCOC(=O)/C=C(\C1CCCCC1)C(F)(F)Br. The quantitative estimate of drug-likeness (QED) is 0.445. The van der Waals surface area contributed by atoms with Gasteiger partial charge in [-0.2, -0.15) is 8.78 Å². The zero-order valence-electron chi connectivity index (χ0n) is 9.85. The number of hydrogen-bond acceptors (Lipinski definition) is 2. The summed E-state index contributed by atoms with van der Waals surface area (Å²) in [6.07, 6.45) is 5.34. The molecule has 0 N–H and O–H groups in total. The van der Waals surface area contributed by atoms with E-state index in [9.17, 15) is 13.6 Å². The van der Waals surface area contributed by atoms with Gasteiger partial charge in [0.2, 0.25) is 0 Å². The molecule has 1 rings (SSSR count). The van der Waals surface area contributed by atoms with Gasteiger partial charge in [-0.05, 0) is 41.6 Å².